The second-order valence-electron chi connectivity index (χ2n) is 5.45. The third-order valence-electron chi connectivity index (χ3n) is 4.40. The maximum absolute atomic E-state index is 12.5. The standard InChI is InChI=1S/C17H22O3/c1-3-20-16(19)17(12-8-7-11-15(17)18)13(2)14-9-5-4-6-10-14/h4-6,9-10,13H,3,7-8,11-12H2,1-2H3. The minimum atomic E-state index is -0.990. The summed E-state index contributed by atoms with van der Waals surface area (Å²) in [6, 6.07) is 9.78. The first-order valence-corrected chi connectivity index (χ1v) is 7.38. The Morgan fingerprint density at radius 1 is 1.30 bits per heavy atom. The zero-order valence-corrected chi connectivity index (χ0v) is 12.2. The summed E-state index contributed by atoms with van der Waals surface area (Å²) in [5, 5.41) is 0. The van der Waals surface area contributed by atoms with Crippen LogP contribution in [0.25, 0.3) is 0 Å². The Hall–Kier alpha value is -1.64. The van der Waals surface area contributed by atoms with Gasteiger partial charge < -0.3 is 4.74 Å². The van der Waals surface area contributed by atoms with Gasteiger partial charge in [-0.15, -0.1) is 0 Å². The fourth-order valence-corrected chi connectivity index (χ4v) is 3.19. The molecule has 20 heavy (non-hydrogen) atoms. The van der Waals surface area contributed by atoms with E-state index in [4.69, 9.17) is 4.74 Å². The number of hydrogen-bond donors (Lipinski definition) is 0. The van der Waals surface area contributed by atoms with E-state index in [2.05, 4.69) is 0 Å². The van der Waals surface area contributed by atoms with Gasteiger partial charge in [0.15, 0.2) is 5.78 Å². The van der Waals surface area contributed by atoms with Crippen molar-refractivity contribution in [3.63, 3.8) is 0 Å². The van der Waals surface area contributed by atoms with Gasteiger partial charge in [-0.3, -0.25) is 9.59 Å². The number of hydrogen-bond acceptors (Lipinski definition) is 3. The van der Waals surface area contributed by atoms with E-state index in [1.54, 1.807) is 6.92 Å². The fourth-order valence-electron chi connectivity index (χ4n) is 3.19. The monoisotopic (exact) mass is 274 g/mol. The molecule has 0 spiro atoms. The topological polar surface area (TPSA) is 43.4 Å². The summed E-state index contributed by atoms with van der Waals surface area (Å²) in [4.78, 5) is 25.0. The number of ketones is 1. The van der Waals surface area contributed by atoms with Crippen LogP contribution in [-0.2, 0) is 14.3 Å². The van der Waals surface area contributed by atoms with Gasteiger partial charge in [0.05, 0.1) is 6.61 Å². The van der Waals surface area contributed by atoms with Crippen molar-refractivity contribution in [2.75, 3.05) is 6.61 Å². The largest absolute Gasteiger partial charge is 0.465 e. The molecule has 0 N–H and O–H groups in total. The highest BCUT2D eigenvalue weighted by molar-refractivity contribution is 6.05. The highest BCUT2D eigenvalue weighted by Gasteiger charge is 2.52. The number of carbonyl (C=O) groups is 2. The number of ether oxygens (including phenoxy) is 1. The van der Waals surface area contributed by atoms with Crippen molar-refractivity contribution < 1.29 is 14.3 Å². The van der Waals surface area contributed by atoms with Gasteiger partial charge in [-0.05, 0) is 25.3 Å². The summed E-state index contributed by atoms with van der Waals surface area (Å²) in [5.74, 6) is -0.449. The van der Waals surface area contributed by atoms with Gasteiger partial charge in [0.2, 0.25) is 0 Å². The predicted molar refractivity (Wildman–Crippen MR) is 77.4 cm³/mol. The number of benzene rings is 1. The lowest BCUT2D eigenvalue weighted by Gasteiger charge is -2.38. The molecule has 1 saturated carbocycles. The predicted octanol–water partition coefficient (Wildman–Crippen LogP) is 3.48. The smallest absolute Gasteiger partial charge is 0.320 e. The van der Waals surface area contributed by atoms with Crippen molar-refractivity contribution in [2.45, 2.75) is 45.4 Å². The van der Waals surface area contributed by atoms with Crippen LogP contribution in [0.5, 0.6) is 0 Å². The Kier molecular flexibility index (Phi) is 4.58. The molecule has 3 heteroatoms. The van der Waals surface area contributed by atoms with Crippen molar-refractivity contribution in [1.82, 2.24) is 0 Å². The average molecular weight is 274 g/mol. The quantitative estimate of drug-likeness (QED) is 0.623. The Morgan fingerprint density at radius 2 is 2.00 bits per heavy atom. The summed E-state index contributed by atoms with van der Waals surface area (Å²) in [6.07, 6.45) is 2.86. The lowest BCUT2D eigenvalue weighted by atomic mass is 9.63. The van der Waals surface area contributed by atoms with Crippen LogP contribution in [0.2, 0.25) is 0 Å². The number of esters is 1. The molecular weight excluding hydrogens is 252 g/mol. The lowest BCUT2D eigenvalue weighted by Crippen LogP contribution is -2.46. The van der Waals surface area contributed by atoms with E-state index >= 15 is 0 Å². The Bertz CT molecular complexity index is 480. The van der Waals surface area contributed by atoms with Crippen molar-refractivity contribution in [2.24, 2.45) is 5.41 Å². The molecule has 108 valence electrons. The molecule has 0 aliphatic heterocycles. The van der Waals surface area contributed by atoms with Crippen LogP contribution in [0, 0.1) is 5.41 Å². The maximum Gasteiger partial charge on any atom is 0.320 e. The van der Waals surface area contributed by atoms with E-state index < -0.39 is 5.41 Å². The molecule has 0 saturated heterocycles. The van der Waals surface area contributed by atoms with Crippen LogP contribution < -0.4 is 0 Å². The zero-order chi connectivity index (χ0) is 14.6. The van der Waals surface area contributed by atoms with Crippen LogP contribution in [0.4, 0.5) is 0 Å². The molecule has 2 unspecified atom stereocenters. The summed E-state index contributed by atoms with van der Waals surface area (Å²) < 4.78 is 5.24. The minimum absolute atomic E-state index is 0.0403. The van der Waals surface area contributed by atoms with E-state index in [-0.39, 0.29) is 17.7 Å². The third-order valence-corrected chi connectivity index (χ3v) is 4.40. The average Bonchev–Trinajstić information content (AvgIpc) is 2.48. The van der Waals surface area contributed by atoms with E-state index in [0.29, 0.717) is 19.4 Å². The lowest BCUT2D eigenvalue weighted by molar-refractivity contribution is -0.164. The van der Waals surface area contributed by atoms with Crippen LogP contribution in [0.15, 0.2) is 30.3 Å². The van der Waals surface area contributed by atoms with E-state index in [1.165, 1.54) is 0 Å². The van der Waals surface area contributed by atoms with Crippen molar-refractivity contribution >= 4 is 11.8 Å². The van der Waals surface area contributed by atoms with Crippen LogP contribution in [0.1, 0.15) is 51.0 Å². The molecule has 0 bridgehead atoms. The summed E-state index contributed by atoms with van der Waals surface area (Å²) >= 11 is 0. The molecule has 0 heterocycles. The first-order valence-electron chi connectivity index (χ1n) is 7.38. The molecular formula is C17H22O3. The normalized spacial score (nSPS) is 24.2. The number of rotatable bonds is 4. The van der Waals surface area contributed by atoms with Crippen molar-refractivity contribution in [3.05, 3.63) is 35.9 Å². The molecule has 0 amide bonds. The molecule has 0 aromatic heterocycles. The Balaban J connectivity index is 2.41. The molecule has 1 aliphatic carbocycles. The minimum Gasteiger partial charge on any atom is -0.465 e. The Labute approximate surface area is 120 Å². The van der Waals surface area contributed by atoms with Gasteiger partial charge >= 0.3 is 5.97 Å². The van der Waals surface area contributed by atoms with E-state index in [1.807, 2.05) is 37.3 Å². The van der Waals surface area contributed by atoms with E-state index in [0.717, 1.165) is 18.4 Å². The molecule has 2 atom stereocenters. The highest BCUT2D eigenvalue weighted by Crippen LogP contribution is 2.45. The Morgan fingerprint density at radius 3 is 2.60 bits per heavy atom. The third kappa shape index (κ3) is 2.49. The molecule has 1 aliphatic rings. The van der Waals surface area contributed by atoms with Gasteiger partial charge in [-0.25, -0.2) is 0 Å². The second-order valence-corrected chi connectivity index (χ2v) is 5.45. The second kappa shape index (κ2) is 6.21. The molecule has 1 aromatic rings. The number of carbonyl (C=O) groups excluding carboxylic acids is 2. The SMILES string of the molecule is CCOC(=O)C1(C(C)c2ccccc2)CCCCC1=O. The van der Waals surface area contributed by atoms with Crippen LogP contribution in [-0.4, -0.2) is 18.4 Å². The maximum atomic E-state index is 12.5. The molecule has 2 rings (SSSR count). The molecule has 1 aromatic carbocycles. The highest BCUT2D eigenvalue weighted by atomic mass is 16.5. The van der Waals surface area contributed by atoms with Crippen molar-refractivity contribution in [1.29, 1.82) is 0 Å². The summed E-state index contributed by atoms with van der Waals surface area (Å²) in [6.45, 7) is 4.07. The van der Waals surface area contributed by atoms with Gasteiger partial charge in [-0.2, -0.15) is 0 Å². The first-order chi connectivity index (χ1) is 9.63. The number of Topliss-reactive ketones (excluding diaryl/α,β-unsaturated/α-hetero) is 1. The van der Waals surface area contributed by atoms with Crippen LogP contribution in [0.3, 0.4) is 0 Å². The van der Waals surface area contributed by atoms with Gasteiger partial charge in [-0.1, -0.05) is 43.7 Å². The van der Waals surface area contributed by atoms with Crippen molar-refractivity contribution in [3.8, 4) is 0 Å². The van der Waals surface area contributed by atoms with Gasteiger partial charge in [0.25, 0.3) is 0 Å². The molecule has 0 radical (unpaired) electrons. The zero-order valence-electron chi connectivity index (χ0n) is 12.2. The van der Waals surface area contributed by atoms with Gasteiger partial charge in [0, 0.05) is 12.3 Å². The fraction of sp³-hybridized carbons (Fsp3) is 0.529. The van der Waals surface area contributed by atoms with Gasteiger partial charge in [0.1, 0.15) is 5.41 Å². The van der Waals surface area contributed by atoms with E-state index in [9.17, 15) is 9.59 Å². The molecule has 1 fully saturated rings. The first kappa shape index (κ1) is 14.8. The summed E-state index contributed by atoms with van der Waals surface area (Å²) in [7, 11) is 0. The summed E-state index contributed by atoms with van der Waals surface area (Å²) in [5.41, 5.74) is 0.0334. The van der Waals surface area contributed by atoms with Crippen LogP contribution >= 0.6 is 0 Å². The molecule has 3 nitrogen and oxygen atoms in total.